The molecule has 2 aliphatic rings. The Morgan fingerprint density at radius 2 is 1.79 bits per heavy atom. The second-order valence-electron chi connectivity index (χ2n) is 5.65. The van der Waals surface area contributed by atoms with Crippen molar-refractivity contribution in [1.29, 1.82) is 0 Å². The van der Waals surface area contributed by atoms with E-state index in [9.17, 15) is 4.79 Å². The molecular weight excluding hydrogens is 240 g/mol. The lowest BCUT2D eigenvalue weighted by Crippen LogP contribution is -2.43. The Labute approximate surface area is 113 Å². The fraction of sp³-hybridized carbons (Fsp3) is 0.533. The number of benzene rings is 1. The number of carbonyl (C=O) groups is 1. The maximum absolute atomic E-state index is 11.0. The van der Waals surface area contributed by atoms with E-state index >= 15 is 0 Å². The third-order valence-electron chi connectivity index (χ3n) is 4.50. The fourth-order valence-electron chi connectivity index (χ4n) is 3.35. The highest BCUT2D eigenvalue weighted by Crippen LogP contribution is 2.35. The van der Waals surface area contributed by atoms with E-state index in [2.05, 4.69) is 11.9 Å². The molecule has 2 fully saturated rings. The molecule has 19 heavy (non-hydrogen) atoms. The zero-order chi connectivity index (χ0) is 13.4. The van der Waals surface area contributed by atoms with E-state index in [1.165, 1.54) is 12.8 Å². The molecule has 4 heteroatoms. The van der Waals surface area contributed by atoms with Gasteiger partial charge in [0.2, 0.25) is 5.91 Å². The predicted molar refractivity (Wildman–Crippen MR) is 73.2 cm³/mol. The molecule has 1 aromatic rings. The van der Waals surface area contributed by atoms with Crippen LogP contribution in [0.1, 0.15) is 36.0 Å². The van der Waals surface area contributed by atoms with Gasteiger partial charge in [0.25, 0.3) is 0 Å². The van der Waals surface area contributed by atoms with Gasteiger partial charge >= 0.3 is 0 Å². The molecule has 0 radical (unpaired) electrons. The van der Waals surface area contributed by atoms with Crippen molar-refractivity contribution in [3.05, 3.63) is 29.8 Å². The summed E-state index contributed by atoms with van der Waals surface area (Å²) in [7, 11) is 2.22. The monoisotopic (exact) mass is 260 g/mol. The predicted octanol–water partition coefficient (Wildman–Crippen LogP) is 1.79. The molecule has 1 aromatic carbocycles. The minimum Gasteiger partial charge on any atom is -0.490 e. The van der Waals surface area contributed by atoms with Crippen LogP contribution in [0.15, 0.2) is 24.3 Å². The molecule has 4 nitrogen and oxygen atoms in total. The Morgan fingerprint density at radius 3 is 2.32 bits per heavy atom. The van der Waals surface area contributed by atoms with Crippen molar-refractivity contribution >= 4 is 5.91 Å². The second-order valence-corrected chi connectivity index (χ2v) is 5.65. The van der Waals surface area contributed by atoms with Crippen LogP contribution in [0.3, 0.4) is 0 Å². The highest BCUT2D eigenvalue weighted by Gasteiger charge is 2.39. The van der Waals surface area contributed by atoms with Crippen LogP contribution in [-0.4, -0.2) is 36.0 Å². The number of carbonyl (C=O) groups excluding carboxylic acids is 1. The van der Waals surface area contributed by atoms with Crippen LogP contribution < -0.4 is 10.5 Å². The lowest BCUT2D eigenvalue weighted by molar-refractivity contribution is 0.0661. The van der Waals surface area contributed by atoms with E-state index in [-0.39, 0.29) is 0 Å². The fourth-order valence-corrected chi connectivity index (χ4v) is 3.35. The minimum absolute atomic E-state index is 0.299. The summed E-state index contributed by atoms with van der Waals surface area (Å²) >= 11 is 0. The zero-order valence-corrected chi connectivity index (χ0v) is 11.2. The molecule has 0 aromatic heterocycles. The van der Waals surface area contributed by atoms with Gasteiger partial charge in [0.15, 0.2) is 0 Å². The first-order valence-corrected chi connectivity index (χ1v) is 6.92. The summed E-state index contributed by atoms with van der Waals surface area (Å²) in [5.41, 5.74) is 5.75. The molecule has 3 atom stereocenters. The number of hydrogen-bond acceptors (Lipinski definition) is 3. The normalized spacial score (nSPS) is 30.3. The van der Waals surface area contributed by atoms with Crippen molar-refractivity contribution in [2.75, 3.05) is 7.05 Å². The van der Waals surface area contributed by atoms with E-state index < -0.39 is 5.91 Å². The first kappa shape index (κ1) is 12.5. The maximum Gasteiger partial charge on any atom is 0.248 e. The number of piperidine rings is 1. The van der Waals surface area contributed by atoms with E-state index in [1.54, 1.807) is 12.1 Å². The first-order valence-electron chi connectivity index (χ1n) is 6.92. The first-order chi connectivity index (χ1) is 9.13. The Hall–Kier alpha value is -1.55. The van der Waals surface area contributed by atoms with Gasteiger partial charge in [-0.3, -0.25) is 4.79 Å². The molecule has 0 spiro atoms. The van der Waals surface area contributed by atoms with Gasteiger partial charge in [-0.15, -0.1) is 0 Å². The summed E-state index contributed by atoms with van der Waals surface area (Å²) in [4.78, 5) is 13.5. The summed E-state index contributed by atoms with van der Waals surface area (Å²) in [5, 5.41) is 0. The molecule has 2 bridgehead atoms. The largest absolute Gasteiger partial charge is 0.490 e. The summed E-state index contributed by atoms with van der Waals surface area (Å²) in [5.74, 6) is 0.433. The van der Waals surface area contributed by atoms with E-state index in [1.807, 2.05) is 12.1 Å². The number of nitrogens with two attached hydrogens (primary N) is 1. The summed E-state index contributed by atoms with van der Waals surface area (Å²) < 4.78 is 6.04. The van der Waals surface area contributed by atoms with Gasteiger partial charge in [-0.2, -0.15) is 0 Å². The van der Waals surface area contributed by atoms with Crippen LogP contribution in [0.25, 0.3) is 0 Å². The highest BCUT2D eigenvalue weighted by molar-refractivity contribution is 5.92. The SMILES string of the molecule is CN1[C@@H]2CC[C@H]1C[C@H](Oc1ccc(C(N)=O)cc1)C2. The second kappa shape index (κ2) is 4.85. The van der Waals surface area contributed by atoms with E-state index in [0.29, 0.717) is 23.8 Å². The summed E-state index contributed by atoms with van der Waals surface area (Å²) in [6, 6.07) is 8.46. The van der Waals surface area contributed by atoms with Gasteiger partial charge in [-0.25, -0.2) is 0 Å². The molecule has 102 valence electrons. The number of rotatable bonds is 3. The average molecular weight is 260 g/mol. The Kier molecular flexibility index (Phi) is 3.19. The molecule has 2 heterocycles. The quantitative estimate of drug-likeness (QED) is 0.901. The molecule has 0 saturated carbocycles. The van der Waals surface area contributed by atoms with Crippen molar-refractivity contribution in [1.82, 2.24) is 4.90 Å². The average Bonchev–Trinajstić information content (AvgIpc) is 2.63. The standard InChI is InChI=1S/C15H20N2O2/c1-17-11-4-5-12(17)9-14(8-11)19-13-6-2-10(3-7-13)15(16)18/h2-3,6-7,11-12,14H,4-5,8-9H2,1H3,(H2,16,18)/t11-,12+,14-. The number of fused-ring (bicyclic) bond motifs is 2. The van der Waals surface area contributed by atoms with Gasteiger partial charge in [-0.05, 0) is 57.0 Å². The Morgan fingerprint density at radius 1 is 1.21 bits per heavy atom. The zero-order valence-electron chi connectivity index (χ0n) is 11.2. The van der Waals surface area contributed by atoms with Crippen LogP contribution in [0.2, 0.25) is 0 Å². The molecule has 2 aliphatic heterocycles. The number of hydrogen-bond donors (Lipinski definition) is 1. The highest BCUT2D eigenvalue weighted by atomic mass is 16.5. The van der Waals surface area contributed by atoms with Crippen LogP contribution in [0.4, 0.5) is 0 Å². The van der Waals surface area contributed by atoms with Gasteiger partial charge in [0.05, 0.1) is 0 Å². The Balaban J connectivity index is 1.64. The Bertz CT molecular complexity index is 458. The lowest BCUT2D eigenvalue weighted by Gasteiger charge is -2.36. The number of primary amides is 1. The van der Waals surface area contributed by atoms with Crippen molar-refractivity contribution < 1.29 is 9.53 Å². The van der Waals surface area contributed by atoms with Crippen molar-refractivity contribution in [2.45, 2.75) is 43.9 Å². The lowest BCUT2D eigenvalue weighted by atomic mass is 10.0. The number of ether oxygens (including phenoxy) is 1. The molecule has 2 saturated heterocycles. The van der Waals surface area contributed by atoms with Gasteiger partial charge in [0.1, 0.15) is 11.9 Å². The summed E-state index contributed by atoms with van der Waals surface area (Å²) in [6.07, 6.45) is 5.09. The van der Waals surface area contributed by atoms with Crippen molar-refractivity contribution in [2.24, 2.45) is 5.73 Å². The molecular formula is C15H20N2O2. The van der Waals surface area contributed by atoms with Crippen LogP contribution in [-0.2, 0) is 0 Å². The van der Waals surface area contributed by atoms with Crippen LogP contribution in [0, 0.1) is 0 Å². The molecule has 2 N–H and O–H groups in total. The topological polar surface area (TPSA) is 55.6 Å². The van der Waals surface area contributed by atoms with E-state index in [0.717, 1.165) is 18.6 Å². The minimum atomic E-state index is -0.399. The van der Waals surface area contributed by atoms with Gasteiger partial charge in [-0.1, -0.05) is 0 Å². The van der Waals surface area contributed by atoms with Gasteiger partial charge in [0, 0.05) is 17.6 Å². The maximum atomic E-state index is 11.0. The van der Waals surface area contributed by atoms with Crippen LogP contribution >= 0.6 is 0 Å². The number of nitrogens with zero attached hydrogens (tertiary/aromatic N) is 1. The van der Waals surface area contributed by atoms with Crippen molar-refractivity contribution in [3.63, 3.8) is 0 Å². The van der Waals surface area contributed by atoms with Crippen molar-refractivity contribution in [3.8, 4) is 5.75 Å². The van der Waals surface area contributed by atoms with Crippen LogP contribution in [0.5, 0.6) is 5.75 Å². The molecule has 1 amide bonds. The molecule has 3 rings (SSSR count). The number of amides is 1. The third-order valence-corrected chi connectivity index (χ3v) is 4.50. The third kappa shape index (κ3) is 2.45. The molecule has 0 unspecified atom stereocenters. The van der Waals surface area contributed by atoms with E-state index in [4.69, 9.17) is 10.5 Å². The van der Waals surface area contributed by atoms with Gasteiger partial charge < -0.3 is 15.4 Å². The molecule has 0 aliphatic carbocycles. The smallest absolute Gasteiger partial charge is 0.248 e. The summed E-state index contributed by atoms with van der Waals surface area (Å²) in [6.45, 7) is 0.